The normalized spacial score (nSPS) is 15.1. The van der Waals surface area contributed by atoms with Gasteiger partial charge in [-0.1, -0.05) is 133 Å². The van der Waals surface area contributed by atoms with Crippen LogP contribution in [0.15, 0.2) is 60.7 Å². The van der Waals surface area contributed by atoms with E-state index in [1.807, 2.05) is 30.4 Å². The summed E-state index contributed by atoms with van der Waals surface area (Å²) in [5, 5.41) is 0. The highest BCUT2D eigenvalue weighted by molar-refractivity contribution is 7.48. The molecule has 2 aromatic rings. The highest BCUT2D eigenvalue weighted by Gasteiger charge is 2.28. The van der Waals surface area contributed by atoms with Gasteiger partial charge in [0.25, 0.3) is 0 Å². The van der Waals surface area contributed by atoms with Gasteiger partial charge in [0.05, 0.1) is 19.8 Å². The molecule has 0 spiro atoms. The first-order valence-corrected chi connectivity index (χ1v) is 15.3. The topological polar surface area (TPSA) is 44.8 Å². The van der Waals surface area contributed by atoms with Gasteiger partial charge in [-0.2, -0.15) is 0 Å². The Morgan fingerprint density at radius 1 is 0.722 bits per heavy atom. The SMILES string of the molecule is CCCCC(CC)COP(=O)(OC/C=C\c1ccc(-c2ccccc2)cc1)OCC(CC)CCCC. The summed E-state index contributed by atoms with van der Waals surface area (Å²) >= 11 is 0. The van der Waals surface area contributed by atoms with Gasteiger partial charge in [-0.3, -0.25) is 13.6 Å². The van der Waals surface area contributed by atoms with Gasteiger partial charge in [-0.05, 0) is 41.4 Å². The number of phosphoric ester groups is 1. The van der Waals surface area contributed by atoms with Gasteiger partial charge in [0.15, 0.2) is 0 Å². The molecule has 0 aliphatic rings. The van der Waals surface area contributed by atoms with Crippen LogP contribution in [0.3, 0.4) is 0 Å². The minimum atomic E-state index is -3.64. The van der Waals surface area contributed by atoms with Crippen molar-refractivity contribution in [2.45, 2.75) is 79.1 Å². The quantitative estimate of drug-likeness (QED) is 0.175. The molecule has 4 nitrogen and oxygen atoms in total. The fourth-order valence-electron chi connectivity index (χ4n) is 4.04. The Balaban J connectivity index is 1.97. The average molecular weight is 515 g/mol. The van der Waals surface area contributed by atoms with Crippen LogP contribution in [0.5, 0.6) is 0 Å². The number of benzene rings is 2. The van der Waals surface area contributed by atoms with E-state index in [1.54, 1.807) is 0 Å². The molecule has 0 N–H and O–H groups in total. The van der Waals surface area contributed by atoms with Crippen molar-refractivity contribution in [1.82, 2.24) is 0 Å². The Hall–Kier alpha value is -1.71. The van der Waals surface area contributed by atoms with Crippen molar-refractivity contribution in [3.05, 3.63) is 66.2 Å². The molecule has 0 bridgehead atoms. The van der Waals surface area contributed by atoms with Gasteiger partial charge in [0.1, 0.15) is 0 Å². The Morgan fingerprint density at radius 2 is 1.25 bits per heavy atom. The molecular weight excluding hydrogens is 467 g/mol. The average Bonchev–Trinajstić information content (AvgIpc) is 2.92. The van der Waals surface area contributed by atoms with Crippen LogP contribution in [0.1, 0.15) is 84.6 Å². The Bertz CT molecular complexity index is 871. The van der Waals surface area contributed by atoms with Gasteiger partial charge in [-0.25, -0.2) is 4.57 Å². The third kappa shape index (κ3) is 11.6. The van der Waals surface area contributed by atoms with Crippen molar-refractivity contribution in [3.8, 4) is 11.1 Å². The number of hydrogen-bond donors (Lipinski definition) is 0. The van der Waals surface area contributed by atoms with Crippen LogP contribution < -0.4 is 0 Å². The van der Waals surface area contributed by atoms with E-state index in [-0.39, 0.29) is 6.61 Å². The van der Waals surface area contributed by atoms with Gasteiger partial charge >= 0.3 is 7.82 Å². The van der Waals surface area contributed by atoms with Gasteiger partial charge in [0.2, 0.25) is 0 Å². The maximum absolute atomic E-state index is 13.5. The molecule has 0 aromatic heterocycles. The van der Waals surface area contributed by atoms with Gasteiger partial charge in [-0.15, -0.1) is 0 Å². The second kappa shape index (κ2) is 17.7. The summed E-state index contributed by atoms with van der Waals surface area (Å²) in [5.74, 6) is 0.734. The van der Waals surface area contributed by atoms with Crippen molar-refractivity contribution in [3.63, 3.8) is 0 Å². The van der Waals surface area contributed by atoms with Crippen molar-refractivity contribution in [2.24, 2.45) is 11.8 Å². The monoisotopic (exact) mass is 514 g/mol. The summed E-state index contributed by atoms with van der Waals surface area (Å²) in [5.41, 5.74) is 3.43. The molecule has 0 saturated heterocycles. The van der Waals surface area contributed by atoms with Crippen LogP contribution in [-0.4, -0.2) is 19.8 Å². The number of hydrogen-bond acceptors (Lipinski definition) is 4. The third-order valence-corrected chi connectivity index (χ3v) is 8.08. The van der Waals surface area contributed by atoms with E-state index in [0.29, 0.717) is 25.0 Å². The number of phosphoric acid groups is 1. The largest absolute Gasteiger partial charge is 0.475 e. The molecule has 2 atom stereocenters. The third-order valence-electron chi connectivity index (χ3n) is 6.68. The van der Waals surface area contributed by atoms with Gasteiger partial charge < -0.3 is 0 Å². The summed E-state index contributed by atoms with van der Waals surface area (Å²) in [4.78, 5) is 0. The smallest absolute Gasteiger partial charge is 0.287 e. The van der Waals surface area contributed by atoms with Crippen LogP contribution in [0.4, 0.5) is 0 Å². The fraction of sp³-hybridized carbons (Fsp3) is 0.548. The molecule has 0 aliphatic carbocycles. The van der Waals surface area contributed by atoms with E-state index >= 15 is 0 Å². The lowest BCUT2D eigenvalue weighted by Gasteiger charge is -2.23. The number of rotatable bonds is 19. The molecule has 0 aliphatic heterocycles. The first-order chi connectivity index (χ1) is 17.5. The predicted octanol–water partition coefficient (Wildman–Crippen LogP) is 9.96. The molecule has 200 valence electrons. The van der Waals surface area contributed by atoms with Gasteiger partial charge in [0, 0.05) is 0 Å². The Kier molecular flexibility index (Phi) is 15.0. The lowest BCUT2D eigenvalue weighted by atomic mass is 10.0. The highest BCUT2D eigenvalue weighted by atomic mass is 31.2. The molecule has 0 fully saturated rings. The first kappa shape index (κ1) is 30.5. The van der Waals surface area contributed by atoms with Crippen LogP contribution in [0.25, 0.3) is 17.2 Å². The molecule has 0 saturated carbocycles. The summed E-state index contributed by atoms with van der Waals surface area (Å²) in [7, 11) is -3.64. The van der Waals surface area contributed by atoms with Crippen LogP contribution >= 0.6 is 7.82 Å². The first-order valence-electron chi connectivity index (χ1n) is 13.9. The zero-order valence-corrected chi connectivity index (χ0v) is 23.8. The lowest BCUT2D eigenvalue weighted by Crippen LogP contribution is -2.13. The molecule has 0 radical (unpaired) electrons. The number of unbranched alkanes of at least 4 members (excludes halogenated alkanes) is 2. The molecule has 2 unspecified atom stereocenters. The summed E-state index contributed by atoms with van der Waals surface area (Å²) in [6.45, 7) is 9.67. The van der Waals surface area contributed by atoms with Crippen LogP contribution in [0.2, 0.25) is 0 Å². The molecule has 2 rings (SSSR count). The maximum Gasteiger partial charge on any atom is 0.475 e. The molecule has 5 heteroatoms. The van der Waals surface area contributed by atoms with Crippen molar-refractivity contribution >= 4 is 13.9 Å². The zero-order chi connectivity index (χ0) is 26.1. The van der Waals surface area contributed by atoms with E-state index < -0.39 is 7.82 Å². The standard InChI is InChI=1S/C31H47O4P/c1-5-9-15-27(7-3)25-34-36(32,35-26-28(8-4)16-10-6-2)33-24-14-17-29-20-22-31(23-21-29)30-18-12-11-13-19-30/h11-14,17-23,27-28H,5-10,15-16,24-26H2,1-4H3/b17-14-. The van der Waals surface area contributed by atoms with Crippen LogP contribution in [-0.2, 0) is 18.1 Å². The zero-order valence-electron chi connectivity index (χ0n) is 22.9. The second-order valence-electron chi connectivity index (χ2n) is 9.56. The van der Waals surface area contributed by atoms with E-state index in [1.165, 1.54) is 11.1 Å². The fourth-order valence-corrected chi connectivity index (χ4v) is 5.32. The van der Waals surface area contributed by atoms with E-state index in [9.17, 15) is 4.57 Å². The van der Waals surface area contributed by atoms with Crippen molar-refractivity contribution < 1.29 is 18.1 Å². The van der Waals surface area contributed by atoms with E-state index in [0.717, 1.165) is 56.9 Å². The molecule has 0 heterocycles. The Labute approximate surface area is 220 Å². The molecule has 36 heavy (non-hydrogen) atoms. The van der Waals surface area contributed by atoms with Crippen LogP contribution in [0, 0.1) is 11.8 Å². The molecular formula is C31H47O4P. The lowest BCUT2D eigenvalue weighted by molar-refractivity contribution is 0.0904. The second-order valence-corrected chi connectivity index (χ2v) is 11.2. The highest BCUT2D eigenvalue weighted by Crippen LogP contribution is 2.50. The van der Waals surface area contributed by atoms with Crippen molar-refractivity contribution in [1.29, 1.82) is 0 Å². The maximum atomic E-state index is 13.5. The van der Waals surface area contributed by atoms with E-state index in [4.69, 9.17) is 13.6 Å². The minimum Gasteiger partial charge on any atom is -0.287 e. The van der Waals surface area contributed by atoms with Crippen molar-refractivity contribution in [2.75, 3.05) is 19.8 Å². The molecule has 2 aromatic carbocycles. The van der Waals surface area contributed by atoms with E-state index in [2.05, 4.69) is 64.1 Å². The summed E-state index contributed by atoms with van der Waals surface area (Å²) in [6.07, 6.45) is 12.6. The summed E-state index contributed by atoms with van der Waals surface area (Å²) in [6, 6.07) is 18.7. The Morgan fingerprint density at radius 3 is 1.75 bits per heavy atom. The minimum absolute atomic E-state index is 0.176. The summed E-state index contributed by atoms with van der Waals surface area (Å²) < 4.78 is 31.0. The predicted molar refractivity (Wildman–Crippen MR) is 153 cm³/mol. The molecule has 0 amide bonds.